The third-order valence-corrected chi connectivity index (χ3v) is 6.05. The number of likely N-dealkylation sites (tertiary alicyclic amines) is 1. The van der Waals surface area contributed by atoms with E-state index in [2.05, 4.69) is 11.4 Å². The van der Waals surface area contributed by atoms with Crippen LogP contribution in [0, 0.1) is 5.82 Å². The van der Waals surface area contributed by atoms with Crippen LogP contribution in [0.1, 0.15) is 23.8 Å². The van der Waals surface area contributed by atoms with Gasteiger partial charge in [0, 0.05) is 25.1 Å². The van der Waals surface area contributed by atoms with Crippen molar-refractivity contribution >= 4 is 33.3 Å². The number of nitrogens with zero attached hydrogens (tertiary/aromatic N) is 2. The first kappa shape index (κ1) is 17.7. The van der Waals surface area contributed by atoms with Crippen molar-refractivity contribution in [3.05, 3.63) is 53.3 Å². The molecule has 0 aliphatic carbocycles. The molecule has 0 spiro atoms. The molecular formula is C20H20FN3O2S. The van der Waals surface area contributed by atoms with Crippen LogP contribution in [0.15, 0.2) is 42.5 Å². The number of benzene rings is 2. The molecule has 7 heteroatoms. The fourth-order valence-electron chi connectivity index (χ4n) is 3.36. The molecule has 1 aromatic heterocycles. The number of aromatic nitrogens is 1. The summed E-state index contributed by atoms with van der Waals surface area (Å²) in [7, 11) is 1.45. The van der Waals surface area contributed by atoms with Crippen LogP contribution < -0.4 is 10.1 Å². The van der Waals surface area contributed by atoms with Crippen molar-refractivity contribution in [3.63, 3.8) is 0 Å². The van der Waals surface area contributed by atoms with Crippen LogP contribution in [0.5, 0.6) is 5.75 Å². The van der Waals surface area contributed by atoms with Crippen LogP contribution in [-0.4, -0.2) is 36.1 Å². The molecule has 0 bridgehead atoms. The van der Waals surface area contributed by atoms with Gasteiger partial charge in [-0.2, -0.15) is 0 Å². The van der Waals surface area contributed by atoms with Crippen molar-refractivity contribution in [1.29, 1.82) is 0 Å². The van der Waals surface area contributed by atoms with Gasteiger partial charge in [-0.25, -0.2) is 14.2 Å². The third kappa shape index (κ3) is 3.73. The van der Waals surface area contributed by atoms with E-state index >= 15 is 0 Å². The van der Waals surface area contributed by atoms with E-state index in [0.717, 1.165) is 23.4 Å². The molecule has 5 nitrogen and oxygen atoms in total. The highest BCUT2D eigenvalue weighted by molar-refractivity contribution is 7.18. The van der Waals surface area contributed by atoms with Crippen LogP contribution >= 0.6 is 11.3 Å². The van der Waals surface area contributed by atoms with E-state index in [9.17, 15) is 9.18 Å². The number of ether oxygens (including phenoxy) is 1. The zero-order valence-electron chi connectivity index (χ0n) is 14.9. The fourth-order valence-corrected chi connectivity index (χ4v) is 4.49. The van der Waals surface area contributed by atoms with Crippen molar-refractivity contribution < 1.29 is 13.9 Å². The summed E-state index contributed by atoms with van der Waals surface area (Å²) in [5.41, 5.74) is 1.51. The number of para-hydroxylation sites is 1. The van der Waals surface area contributed by atoms with E-state index in [0.29, 0.717) is 30.4 Å². The summed E-state index contributed by atoms with van der Waals surface area (Å²) in [5, 5.41) is 3.97. The Labute approximate surface area is 160 Å². The van der Waals surface area contributed by atoms with E-state index in [1.165, 1.54) is 30.0 Å². The van der Waals surface area contributed by atoms with Crippen LogP contribution in [0.3, 0.4) is 0 Å². The number of fused-ring (bicyclic) bond motifs is 1. The van der Waals surface area contributed by atoms with Gasteiger partial charge in [-0.1, -0.05) is 12.1 Å². The Morgan fingerprint density at radius 2 is 2.04 bits per heavy atom. The molecule has 27 heavy (non-hydrogen) atoms. The Morgan fingerprint density at radius 3 is 2.78 bits per heavy atom. The van der Waals surface area contributed by atoms with Gasteiger partial charge in [0.05, 0.1) is 28.0 Å². The number of carbonyl (C=O) groups is 1. The monoisotopic (exact) mass is 385 g/mol. The maximum Gasteiger partial charge on any atom is 0.321 e. The average Bonchev–Trinajstić information content (AvgIpc) is 3.13. The number of carbonyl (C=O) groups excluding carboxylic acids is 1. The van der Waals surface area contributed by atoms with Crippen molar-refractivity contribution in [2.75, 3.05) is 25.5 Å². The summed E-state index contributed by atoms with van der Waals surface area (Å²) in [5.74, 6) is 0.293. The summed E-state index contributed by atoms with van der Waals surface area (Å²) >= 11 is 1.74. The number of nitrogens with one attached hydrogen (secondary N) is 1. The lowest BCUT2D eigenvalue weighted by atomic mass is 9.98. The predicted molar refractivity (Wildman–Crippen MR) is 105 cm³/mol. The molecule has 1 aliphatic heterocycles. The number of halogens is 1. The molecule has 1 N–H and O–H groups in total. The summed E-state index contributed by atoms with van der Waals surface area (Å²) in [6.07, 6.45) is 1.77. The minimum absolute atomic E-state index is 0.192. The van der Waals surface area contributed by atoms with Crippen molar-refractivity contribution in [2.24, 2.45) is 0 Å². The molecule has 140 valence electrons. The predicted octanol–water partition coefficient (Wildman–Crippen LogP) is 4.86. The average molecular weight is 385 g/mol. The molecule has 0 radical (unpaired) electrons. The second-order valence-electron chi connectivity index (χ2n) is 6.56. The van der Waals surface area contributed by atoms with E-state index < -0.39 is 5.82 Å². The Hall–Kier alpha value is -2.67. The number of thiazole rings is 1. The highest BCUT2D eigenvalue weighted by atomic mass is 32.1. The van der Waals surface area contributed by atoms with Gasteiger partial charge in [-0.3, -0.25) is 0 Å². The smallest absolute Gasteiger partial charge is 0.321 e. The maximum atomic E-state index is 13.3. The highest BCUT2D eigenvalue weighted by Crippen LogP contribution is 2.34. The highest BCUT2D eigenvalue weighted by Gasteiger charge is 2.26. The molecule has 0 atom stereocenters. The minimum atomic E-state index is -0.401. The first-order chi connectivity index (χ1) is 13.1. The van der Waals surface area contributed by atoms with Gasteiger partial charge in [0.2, 0.25) is 0 Å². The minimum Gasteiger partial charge on any atom is -0.494 e. The number of rotatable bonds is 3. The maximum absolute atomic E-state index is 13.3. The van der Waals surface area contributed by atoms with Gasteiger partial charge >= 0.3 is 6.03 Å². The Balaban J connectivity index is 1.39. The SMILES string of the molecule is COc1cc(F)ccc1NC(=O)N1CCC(c2nc3ccccc3s2)CC1. The second kappa shape index (κ2) is 7.52. The number of urea groups is 1. The van der Waals surface area contributed by atoms with Crippen molar-refractivity contribution in [3.8, 4) is 5.75 Å². The zero-order valence-corrected chi connectivity index (χ0v) is 15.8. The number of hydrogen-bond acceptors (Lipinski definition) is 4. The van der Waals surface area contributed by atoms with Gasteiger partial charge in [0.25, 0.3) is 0 Å². The quantitative estimate of drug-likeness (QED) is 0.701. The third-order valence-electron chi connectivity index (χ3n) is 4.85. The van der Waals surface area contributed by atoms with Crippen LogP contribution in [0.25, 0.3) is 10.2 Å². The Morgan fingerprint density at radius 1 is 1.26 bits per heavy atom. The lowest BCUT2D eigenvalue weighted by Gasteiger charge is -2.31. The number of amides is 2. The normalized spacial score (nSPS) is 15.1. The topological polar surface area (TPSA) is 54.5 Å². The summed E-state index contributed by atoms with van der Waals surface area (Å²) in [4.78, 5) is 19.1. The van der Waals surface area contributed by atoms with Gasteiger partial charge in [0.1, 0.15) is 11.6 Å². The summed E-state index contributed by atoms with van der Waals surface area (Å²) in [6, 6.07) is 12.0. The molecule has 2 aromatic carbocycles. The number of hydrogen-bond donors (Lipinski definition) is 1. The number of methoxy groups -OCH3 is 1. The molecule has 0 saturated carbocycles. The molecule has 4 rings (SSSR count). The molecule has 2 heterocycles. The Kier molecular flexibility index (Phi) is 4.94. The van der Waals surface area contributed by atoms with Crippen LogP contribution in [-0.2, 0) is 0 Å². The molecular weight excluding hydrogens is 365 g/mol. The van der Waals surface area contributed by atoms with Crippen molar-refractivity contribution in [1.82, 2.24) is 9.88 Å². The molecule has 2 amide bonds. The number of anilines is 1. The van der Waals surface area contributed by atoms with Crippen LogP contribution in [0.2, 0.25) is 0 Å². The lowest BCUT2D eigenvalue weighted by Crippen LogP contribution is -2.40. The van der Waals surface area contributed by atoms with E-state index in [4.69, 9.17) is 9.72 Å². The van der Waals surface area contributed by atoms with Crippen molar-refractivity contribution in [2.45, 2.75) is 18.8 Å². The van der Waals surface area contributed by atoms with E-state index in [1.807, 2.05) is 18.2 Å². The van der Waals surface area contributed by atoms with Gasteiger partial charge in [0.15, 0.2) is 0 Å². The standard InChI is InChI=1S/C20H20FN3O2S/c1-26-17-12-14(21)6-7-15(17)23-20(25)24-10-8-13(9-11-24)19-22-16-4-2-3-5-18(16)27-19/h2-7,12-13H,8-11H2,1H3,(H,23,25). The first-order valence-electron chi connectivity index (χ1n) is 8.89. The molecule has 3 aromatic rings. The van der Waals surface area contributed by atoms with Crippen LogP contribution in [0.4, 0.5) is 14.9 Å². The largest absolute Gasteiger partial charge is 0.494 e. The van der Waals surface area contributed by atoms with E-state index in [-0.39, 0.29) is 6.03 Å². The van der Waals surface area contributed by atoms with Gasteiger partial charge in [-0.15, -0.1) is 11.3 Å². The first-order valence-corrected chi connectivity index (χ1v) is 9.70. The Bertz CT molecular complexity index is 934. The molecule has 1 fully saturated rings. The van der Waals surface area contributed by atoms with Gasteiger partial charge in [-0.05, 0) is 37.1 Å². The lowest BCUT2D eigenvalue weighted by molar-refractivity contribution is 0.194. The summed E-state index contributed by atoms with van der Waals surface area (Å²) in [6.45, 7) is 1.33. The molecule has 0 unspecified atom stereocenters. The van der Waals surface area contributed by atoms with Gasteiger partial charge < -0.3 is 15.0 Å². The molecule has 1 aliphatic rings. The zero-order chi connectivity index (χ0) is 18.8. The molecule has 1 saturated heterocycles. The summed E-state index contributed by atoms with van der Waals surface area (Å²) < 4.78 is 19.6. The fraction of sp³-hybridized carbons (Fsp3) is 0.300. The second-order valence-corrected chi connectivity index (χ2v) is 7.62. The number of piperidine rings is 1. The van der Waals surface area contributed by atoms with E-state index in [1.54, 1.807) is 16.2 Å².